The van der Waals surface area contributed by atoms with Gasteiger partial charge in [-0.1, -0.05) is 0 Å². The molecule has 0 saturated heterocycles. The van der Waals surface area contributed by atoms with E-state index in [2.05, 4.69) is 12.2 Å². The third-order valence-electron chi connectivity index (χ3n) is 3.00. The molecule has 0 radical (unpaired) electrons. The molecule has 2 atom stereocenters. The highest BCUT2D eigenvalue weighted by Gasteiger charge is 2.24. The number of phenolic OH excluding ortho intramolecular Hbond substituents is 1. The van der Waals surface area contributed by atoms with Gasteiger partial charge in [-0.2, -0.15) is 0 Å². The number of fused-ring (bicyclic) bond motifs is 1. The average molecular weight is 223 g/mol. The Labute approximate surface area is 95.1 Å². The first kappa shape index (κ1) is 10.8. The monoisotopic (exact) mass is 223 g/mol. The standard InChI is InChI=1S/C12H17NOS/c1-8(13-2)5-9-7-15-12-4-3-10(14)6-11(9)12/h3-4,6,8-9,13-14H,5,7H2,1-2H3. The fourth-order valence-electron chi connectivity index (χ4n) is 2.01. The first-order valence-corrected chi connectivity index (χ1v) is 6.32. The van der Waals surface area contributed by atoms with E-state index >= 15 is 0 Å². The smallest absolute Gasteiger partial charge is 0.115 e. The maximum atomic E-state index is 9.48. The van der Waals surface area contributed by atoms with Crippen molar-refractivity contribution in [1.82, 2.24) is 5.32 Å². The molecule has 0 aromatic heterocycles. The quantitative estimate of drug-likeness (QED) is 0.826. The van der Waals surface area contributed by atoms with Crippen molar-refractivity contribution in [3.63, 3.8) is 0 Å². The SMILES string of the molecule is CNC(C)CC1CSc2ccc(O)cc21. The van der Waals surface area contributed by atoms with Gasteiger partial charge in [0, 0.05) is 16.7 Å². The molecule has 1 heterocycles. The van der Waals surface area contributed by atoms with Crippen LogP contribution in [-0.4, -0.2) is 23.9 Å². The van der Waals surface area contributed by atoms with E-state index in [1.54, 1.807) is 6.07 Å². The van der Waals surface area contributed by atoms with E-state index in [0.29, 0.717) is 17.7 Å². The second-order valence-electron chi connectivity index (χ2n) is 4.16. The molecule has 0 fully saturated rings. The van der Waals surface area contributed by atoms with E-state index in [-0.39, 0.29) is 0 Å². The zero-order chi connectivity index (χ0) is 10.8. The molecule has 2 unspecified atom stereocenters. The van der Waals surface area contributed by atoms with E-state index in [0.717, 1.165) is 12.2 Å². The van der Waals surface area contributed by atoms with E-state index in [1.165, 1.54) is 10.5 Å². The van der Waals surface area contributed by atoms with Gasteiger partial charge in [-0.3, -0.25) is 0 Å². The van der Waals surface area contributed by atoms with Crippen LogP contribution in [0.3, 0.4) is 0 Å². The zero-order valence-electron chi connectivity index (χ0n) is 9.16. The Kier molecular flexibility index (Phi) is 3.22. The van der Waals surface area contributed by atoms with Crippen molar-refractivity contribution in [3.8, 4) is 5.75 Å². The van der Waals surface area contributed by atoms with E-state index in [4.69, 9.17) is 0 Å². The van der Waals surface area contributed by atoms with Gasteiger partial charge in [0.15, 0.2) is 0 Å². The van der Waals surface area contributed by atoms with Crippen LogP contribution in [0.15, 0.2) is 23.1 Å². The molecule has 1 aromatic rings. The fourth-order valence-corrected chi connectivity index (χ4v) is 3.26. The third-order valence-corrected chi connectivity index (χ3v) is 4.26. The molecule has 15 heavy (non-hydrogen) atoms. The van der Waals surface area contributed by atoms with Gasteiger partial charge >= 0.3 is 0 Å². The van der Waals surface area contributed by atoms with Gasteiger partial charge in [-0.15, -0.1) is 11.8 Å². The number of benzene rings is 1. The molecule has 3 heteroatoms. The normalized spacial score (nSPS) is 21.3. The summed E-state index contributed by atoms with van der Waals surface area (Å²) in [4.78, 5) is 1.33. The van der Waals surface area contributed by atoms with Crippen LogP contribution in [0.5, 0.6) is 5.75 Å². The van der Waals surface area contributed by atoms with E-state index in [9.17, 15) is 5.11 Å². The van der Waals surface area contributed by atoms with Crippen LogP contribution in [0.25, 0.3) is 0 Å². The van der Waals surface area contributed by atoms with E-state index < -0.39 is 0 Å². The molecule has 1 aromatic carbocycles. The van der Waals surface area contributed by atoms with Crippen molar-refractivity contribution in [2.75, 3.05) is 12.8 Å². The molecule has 82 valence electrons. The Morgan fingerprint density at radius 3 is 3.13 bits per heavy atom. The number of rotatable bonds is 3. The van der Waals surface area contributed by atoms with Crippen molar-refractivity contribution in [2.24, 2.45) is 0 Å². The molecule has 0 bridgehead atoms. The topological polar surface area (TPSA) is 32.3 Å². The maximum Gasteiger partial charge on any atom is 0.115 e. The number of thioether (sulfide) groups is 1. The lowest BCUT2D eigenvalue weighted by molar-refractivity contribution is 0.471. The molecule has 0 spiro atoms. The highest BCUT2D eigenvalue weighted by atomic mass is 32.2. The van der Waals surface area contributed by atoms with Gasteiger partial charge < -0.3 is 10.4 Å². The van der Waals surface area contributed by atoms with Crippen molar-refractivity contribution >= 4 is 11.8 Å². The summed E-state index contributed by atoms with van der Waals surface area (Å²) in [6, 6.07) is 6.25. The number of phenols is 1. The molecule has 2 nitrogen and oxygen atoms in total. The Hall–Kier alpha value is -0.670. The summed E-state index contributed by atoms with van der Waals surface area (Å²) in [5.74, 6) is 2.11. The molecule has 0 aliphatic carbocycles. The Bertz CT molecular complexity index is 353. The summed E-state index contributed by atoms with van der Waals surface area (Å²) in [6.45, 7) is 2.20. The first-order chi connectivity index (χ1) is 7.20. The van der Waals surface area contributed by atoms with Gasteiger partial charge in [-0.05, 0) is 50.1 Å². The minimum atomic E-state index is 0.387. The number of aromatic hydroxyl groups is 1. The number of nitrogens with one attached hydrogen (secondary N) is 1. The van der Waals surface area contributed by atoms with Gasteiger partial charge in [0.25, 0.3) is 0 Å². The van der Waals surface area contributed by atoms with Crippen LogP contribution in [0, 0.1) is 0 Å². The van der Waals surface area contributed by atoms with Crippen molar-refractivity contribution in [1.29, 1.82) is 0 Å². The molecule has 0 saturated carbocycles. The van der Waals surface area contributed by atoms with Crippen LogP contribution in [0.2, 0.25) is 0 Å². The lowest BCUT2D eigenvalue weighted by atomic mass is 9.94. The first-order valence-electron chi connectivity index (χ1n) is 5.33. The average Bonchev–Trinajstić information content (AvgIpc) is 2.61. The molecule has 0 amide bonds. The maximum absolute atomic E-state index is 9.48. The summed E-state index contributed by atoms with van der Waals surface area (Å²) >= 11 is 1.90. The Balaban J connectivity index is 2.16. The summed E-state index contributed by atoms with van der Waals surface area (Å²) in [7, 11) is 2.00. The fraction of sp³-hybridized carbons (Fsp3) is 0.500. The molecule has 2 N–H and O–H groups in total. The second kappa shape index (κ2) is 4.45. The van der Waals surface area contributed by atoms with Crippen LogP contribution < -0.4 is 5.32 Å². The highest BCUT2D eigenvalue weighted by molar-refractivity contribution is 7.99. The molecular weight excluding hydrogens is 206 g/mol. The molecule has 2 rings (SSSR count). The predicted octanol–water partition coefficient (Wildman–Crippen LogP) is 2.58. The minimum absolute atomic E-state index is 0.387. The summed E-state index contributed by atoms with van der Waals surface area (Å²) in [5.41, 5.74) is 1.32. The number of hydrogen-bond donors (Lipinski definition) is 2. The summed E-state index contributed by atoms with van der Waals surface area (Å²) in [6.07, 6.45) is 1.14. The third kappa shape index (κ3) is 2.29. The largest absolute Gasteiger partial charge is 0.508 e. The Morgan fingerprint density at radius 1 is 1.60 bits per heavy atom. The molecule has 1 aliphatic heterocycles. The van der Waals surface area contributed by atoms with Crippen LogP contribution >= 0.6 is 11.8 Å². The zero-order valence-corrected chi connectivity index (χ0v) is 9.97. The lowest BCUT2D eigenvalue weighted by Crippen LogP contribution is -2.23. The second-order valence-corrected chi connectivity index (χ2v) is 5.22. The summed E-state index contributed by atoms with van der Waals surface area (Å²) in [5, 5.41) is 12.7. The lowest BCUT2D eigenvalue weighted by Gasteiger charge is -2.16. The van der Waals surface area contributed by atoms with Gasteiger partial charge in [0.05, 0.1) is 0 Å². The van der Waals surface area contributed by atoms with Gasteiger partial charge in [-0.25, -0.2) is 0 Å². The van der Waals surface area contributed by atoms with Crippen molar-refractivity contribution in [2.45, 2.75) is 30.2 Å². The predicted molar refractivity (Wildman–Crippen MR) is 64.7 cm³/mol. The van der Waals surface area contributed by atoms with Gasteiger partial charge in [0.1, 0.15) is 5.75 Å². The summed E-state index contributed by atoms with van der Waals surface area (Å²) < 4.78 is 0. The van der Waals surface area contributed by atoms with Crippen LogP contribution in [-0.2, 0) is 0 Å². The van der Waals surface area contributed by atoms with Crippen molar-refractivity contribution < 1.29 is 5.11 Å². The molecule has 1 aliphatic rings. The van der Waals surface area contributed by atoms with Gasteiger partial charge in [0.2, 0.25) is 0 Å². The minimum Gasteiger partial charge on any atom is -0.508 e. The van der Waals surface area contributed by atoms with E-state index in [1.807, 2.05) is 30.9 Å². The highest BCUT2D eigenvalue weighted by Crippen LogP contribution is 2.42. The number of hydrogen-bond acceptors (Lipinski definition) is 3. The van der Waals surface area contributed by atoms with Crippen molar-refractivity contribution in [3.05, 3.63) is 23.8 Å². The molecular formula is C12H17NOS. The van der Waals surface area contributed by atoms with Crippen LogP contribution in [0.4, 0.5) is 0 Å². The Morgan fingerprint density at radius 2 is 2.40 bits per heavy atom. The van der Waals surface area contributed by atoms with Crippen LogP contribution in [0.1, 0.15) is 24.8 Å².